The number of hydrazine groups is 1. The molecule has 0 spiro atoms. The van der Waals surface area contributed by atoms with Gasteiger partial charge in [0.05, 0.1) is 18.0 Å². The minimum Gasteiger partial charge on any atom is -0.371 e. The van der Waals surface area contributed by atoms with E-state index in [0.717, 1.165) is 42.7 Å². The Morgan fingerprint density at radius 2 is 1.55 bits per heavy atom. The lowest BCUT2D eigenvalue weighted by molar-refractivity contribution is 0.403. The molecule has 0 radical (unpaired) electrons. The molecule has 240 valence electrons. The summed E-state index contributed by atoms with van der Waals surface area (Å²) in [5.41, 5.74) is 11.9. The van der Waals surface area contributed by atoms with Gasteiger partial charge in [-0.25, -0.2) is 9.83 Å². The van der Waals surface area contributed by atoms with Crippen LogP contribution in [0, 0.1) is 18.4 Å². The number of nitrogens with one attached hydrogen (secondary N) is 2. The minimum absolute atomic E-state index is 0.542. The highest BCUT2D eigenvalue weighted by atomic mass is 32.1. The SMILES string of the molecule is [C-]#[N+]c1sc(NNc2ccc(N(CC(CC)CCCC)CC(CC)CCCC)cc2CCCCCC)nc1-c1ccccn1. The highest BCUT2D eigenvalue weighted by Gasteiger charge is 2.19. The normalized spacial score (nSPS) is 12.5. The maximum atomic E-state index is 7.67. The summed E-state index contributed by atoms with van der Waals surface area (Å²) in [4.78, 5) is 15.6. The molecule has 0 aliphatic rings. The van der Waals surface area contributed by atoms with Crippen LogP contribution in [0.2, 0.25) is 0 Å². The summed E-state index contributed by atoms with van der Waals surface area (Å²) in [5, 5.41) is 1.21. The van der Waals surface area contributed by atoms with E-state index in [4.69, 9.17) is 11.6 Å². The second-order valence-electron chi connectivity index (χ2n) is 12.1. The number of unbranched alkanes of at least 4 members (excludes halogenated alkanes) is 5. The summed E-state index contributed by atoms with van der Waals surface area (Å²) >= 11 is 1.36. The van der Waals surface area contributed by atoms with E-state index in [1.165, 1.54) is 99.6 Å². The van der Waals surface area contributed by atoms with Crippen LogP contribution in [0.15, 0.2) is 42.6 Å². The van der Waals surface area contributed by atoms with Crippen molar-refractivity contribution in [2.75, 3.05) is 28.8 Å². The molecule has 1 aromatic carbocycles. The zero-order chi connectivity index (χ0) is 31.6. The van der Waals surface area contributed by atoms with Gasteiger partial charge in [0, 0.05) is 25.0 Å². The predicted molar refractivity (Wildman–Crippen MR) is 192 cm³/mol. The van der Waals surface area contributed by atoms with Crippen LogP contribution in [0.3, 0.4) is 0 Å². The first-order valence-electron chi connectivity index (χ1n) is 17.3. The third-order valence-corrected chi connectivity index (χ3v) is 9.58. The summed E-state index contributed by atoms with van der Waals surface area (Å²) in [6.45, 7) is 21.5. The van der Waals surface area contributed by atoms with Crippen molar-refractivity contribution in [3.63, 3.8) is 0 Å². The molecule has 3 aromatic rings. The summed E-state index contributed by atoms with van der Waals surface area (Å²) in [5.74, 6) is 1.45. The highest BCUT2D eigenvalue weighted by Crippen LogP contribution is 2.37. The number of hydrogen-bond donors (Lipinski definition) is 2. The first kappa shape index (κ1) is 35.4. The summed E-state index contributed by atoms with van der Waals surface area (Å²) < 4.78 is 0. The minimum atomic E-state index is 0.542. The Morgan fingerprint density at radius 3 is 2.14 bits per heavy atom. The molecule has 0 saturated heterocycles. The van der Waals surface area contributed by atoms with Crippen molar-refractivity contribution in [3.05, 3.63) is 59.6 Å². The molecule has 0 amide bonds. The molecule has 7 heteroatoms. The van der Waals surface area contributed by atoms with Crippen LogP contribution in [-0.4, -0.2) is 23.1 Å². The van der Waals surface area contributed by atoms with Gasteiger partial charge in [0.1, 0.15) is 5.69 Å². The third-order valence-electron chi connectivity index (χ3n) is 8.72. The average molecular weight is 617 g/mol. The van der Waals surface area contributed by atoms with Crippen molar-refractivity contribution in [1.82, 2.24) is 9.97 Å². The van der Waals surface area contributed by atoms with Crippen LogP contribution >= 0.6 is 11.3 Å². The Hall–Kier alpha value is -3.11. The quantitative estimate of drug-likeness (QED) is 0.0668. The van der Waals surface area contributed by atoms with E-state index in [2.05, 4.69) is 78.4 Å². The zero-order valence-electron chi connectivity index (χ0n) is 28.0. The molecule has 0 aliphatic carbocycles. The van der Waals surface area contributed by atoms with Gasteiger partial charge >= 0.3 is 0 Å². The first-order chi connectivity index (χ1) is 21.6. The van der Waals surface area contributed by atoms with Crippen molar-refractivity contribution < 1.29 is 0 Å². The van der Waals surface area contributed by atoms with Gasteiger partial charge in [-0.2, -0.15) is 0 Å². The molecule has 0 aliphatic heterocycles. The summed E-state index contributed by atoms with van der Waals surface area (Å²) in [6, 6.07) is 12.7. The molecule has 2 atom stereocenters. The molecule has 2 aromatic heterocycles. The first-order valence-corrected chi connectivity index (χ1v) is 18.1. The topological polar surface area (TPSA) is 57.4 Å². The van der Waals surface area contributed by atoms with Crippen LogP contribution in [0.1, 0.15) is 117 Å². The zero-order valence-corrected chi connectivity index (χ0v) is 28.8. The Kier molecular flexibility index (Phi) is 16.1. The average Bonchev–Trinajstić information content (AvgIpc) is 3.49. The number of benzene rings is 1. The predicted octanol–water partition coefficient (Wildman–Crippen LogP) is 11.6. The fourth-order valence-corrected chi connectivity index (χ4v) is 6.54. The number of anilines is 3. The van der Waals surface area contributed by atoms with Crippen LogP contribution < -0.4 is 15.8 Å². The Balaban J connectivity index is 1.87. The fourth-order valence-electron chi connectivity index (χ4n) is 5.82. The lowest BCUT2D eigenvalue weighted by Crippen LogP contribution is -2.34. The van der Waals surface area contributed by atoms with Crippen molar-refractivity contribution in [2.45, 2.75) is 118 Å². The Labute approximate surface area is 271 Å². The van der Waals surface area contributed by atoms with Gasteiger partial charge in [-0.1, -0.05) is 98.5 Å². The van der Waals surface area contributed by atoms with Crippen molar-refractivity contribution in [2.24, 2.45) is 11.8 Å². The second-order valence-corrected chi connectivity index (χ2v) is 13.1. The maximum absolute atomic E-state index is 7.67. The monoisotopic (exact) mass is 616 g/mol. The Bertz CT molecular complexity index is 1230. The van der Waals surface area contributed by atoms with Gasteiger partial charge in [-0.05, 0) is 73.4 Å². The van der Waals surface area contributed by atoms with Crippen molar-refractivity contribution in [3.8, 4) is 11.4 Å². The number of nitrogens with zero attached hydrogens (tertiary/aromatic N) is 4. The lowest BCUT2D eigenvalue weighted by Gasteiger charge is -2.33. The van der Waals surface area contributed by atoms with E-state index in [9.17, 15) is 0 Å². The van der Waals surface area contributed by atoms with Crippen LogP contribution in [0.25, 0.3) is 16.2 Å². The van der Waals surface area contributed by atoms with Gasteiger partial charge in [0.2, 0.25) is 0 Å². The van der Waals surface area contributed by atoms with E-state index in [1.807, 2.05) is 18.2 Å². The standard InChI is InChI=1S/C37H56N6S/c1-7-12-15-16-21-31-26-32(43(27-29(10-4)19-13-8-2)28-30(11-5)20-14-9-3)23-24-33(31)41-42-37-40-35(36(38-6)44-37)34-22-17-18-25-39-34/h17-18,22-26,29-30,41H,7-16,19-21,27-28H2,1-5H3,(H,40,42). The number of aromatic nitrogens is 2. The largest absolute Gasteiger partial charge is 0.371 e. The molecule has 0 fully saturated rings. The summed E-state index contributed by atoms with van der Waals surface area (Å²) in [6.07, 6.45) is 17.9. The van der Waals surface area contributed by atoms with Crippen molar-refractivity contribution >= 4 is 32.8 Å². The van der Waals surface area contributed by atoms with Crippen LogP contribution in [0.4, 0.5) is 21.5 Å². The number of rotatable bonds is 22. The van der Waals surface area contributed by atoms with E-state index in [0.29, 0.717) is 15.8 Å². The molecule has 3 rings (SSSR count). The molecule has 2 heterocycles. The molecule has 44 heavy (non-hydrogen) atoms. The molecule has 0 saturated carbocycles. The highest BCUT2D eigenvalue weighted by molar-refractivity contribution is 7.20. The van der Waals surface area contributed by atoms with E-state index < -0.39 is 0 Å². The lowest BCUT2D eigenvalue weighted by atomic mass is 9.95. The number of hydrogen-bond acceptors (Lipinski definition) is 6. The number of thiazole rings is 1. The second kappa shape index (κ2) is 20.0. The van der Waals surface area contributed by atoms with E-state index in [-0.39, 0.29) is 0 Å². The Morgan fingerprint density at radius 1 is 0.841 bits per heavy atom. The van der Waals surface area contributed by atoms with Crippen LogP contribution in [-0.2, 0) is 6.42 Å². The molecule has 6 nitrogen and oxygen atoms in total. The molecular weight excluding hydrogens is 561 g/mol. The van der Waals surface area contributed by atoms with Crippen LogP contribution in [0.5, 0.6) is 0 Å². The fraction of sp³-hybridized carbons (Fsp3) is 0.595. The summed E-state index contributed by atoms with van der Waals surface area (Å²) in [7, 11) is 0. The third kappa shape index (κ3) is 11.1. The molecular formula is C37H56N6S. The van der Waals surface area contributed by atoms with Gasteiger partial charge in [-0.3, -0.25) is 15.8 Å². The van der Waals surface area contributed by atoms with E-state index >= 15 is 0 Å². The van der Waals surface area contributed by atoms with Gasteiger partial charge in [-0.15, -0.1) is 11.3 Å². The molecule has 0 bridgehead atoms. The van der Waals surface area contributed by atoms with Gasteiger partial charge < -0.3 is 4.90 Å². The van der Waals surface area contributed by atoms with Gasteiger partial charge in [0.15, 0.2) is 5.13 Å². The molecule has 2 N–H and O–H groups in total. The molecule has 2 unspecified atom stereocenters. The number of aryl methyl sites for hydroxylation is 1. The number of pyridine rings is 1. The smallest absolute Gasteiger partial charge is 0.271 e. The van der Waals surface area contributed by atoms with Gasteiger partial charge in [0.25, 0.3) is 5.00 Å². The maximum Gasteiger partial charge on any atom is 0.271 e. The van der Waals surface area contributed by atoms with E-state index in [1.54, 1.807) is 6.20 Å². The van der Waals surface area contributed by atoms with Crippen molar-refractivity contribution in [1.29, 1.82) is 0 Å².